The van der Waals surface area contributed by atoms with E-state index in [1.54, 1.807) is 6.20 Å². The first-order valence-electron chi connectivity index (χ1n) is 5.63. The molecule has 96 valence electrons. The van der Waals surface area contributed by atoms with Crippen molar-refractivity contribution in [3.8, 4) is 0 Å². The summed E-state index contributed by atoms with van der Waals surface area (Å²) in [5.74, 6) is 0.736. The van der Waals surface area contributed by atoms with Gasteiger partial charge >= 0.3 is 0 Å². The predicted octanol–water partition coefficient (Wildman–Crippen LogP) is -0.668. The highest BCUT2D eigenvalue weighted by atomic mass is 16.2. The van der Waals surface area contributed by atoms with Gasteiger partial charge < -0.3 is 11.1 Å². The van der Waals surface area contributed by atoms with E-state index in [1.807, 2.05) is 0 Å². The number of nitrogens with zero attached hydrogens (tertiary/aromatic N) is 4. The first-order chi connectivity index (χ1) is 8.74. The Morgan fingerprint density at radius 1 is 1.56 bits per heavy atom. The van der Waals surface area contributed by atoms with Gasteiger partial charge in [-0.2, -0.15) is 10.2 Å². The summed E-state index contributed by atoms with van der Waals surface area (Å²) in [7, 11) is 0. The summed E-state index contributed by atoms with van der Waals surface area (Å²) in [6.45, 7) is 0.774. The Balaban J connectivity index is 1.63. The summed E-state index contributed by atoms with van der Waals surface area (Å²) in [5, 5.41) is 13.2. The maximum Gasteiger partial charge on any atom is 0.241 e. The molecule has 2 heterocycles. The molecule has 0 unspecified atom stereocenters. The van der Waals surface area contributed by atoms with Gasteiger partial charge in [0.25, 0.3) is 0 Å². The number of nitrogens with two attached hydrogens (primary N) is 1. The van der Waals surface area contributed by atoms with Gasteiger partial charge in [-0.05, 0) is 6.42 Å². The Morgan fingerprint density at radius 2 is 2.44 bits per heavy atom. The van der Waals surface area contributed by atoms with Gasteiger partial charge in [-0.1, -0.05) is 0 Å². The second-order valence-electron chi connectivity index (χ2n) is 3.86. The van der Waals surface area contributed by atoms with Crippen LogP contribution in [0.2, 0.25) is 0 Å². The highest BCUT2D eigenvalue weighted by molar-refractivity contribution is 5.75. The fraction of sp³-hybridized carbons (Fsp3) is 0.400. The van der Waals surface area contributed by atoms with Crippen molar-refractivity contribution in [3.63, 3.8) is 0 Å². The maximum atomic E-state index is 11.5. The van der Waals surface area contributed by atoms with Gasteiger partial charge in [-0.3, -0.25) is 14.6 Å². The van der Waals surface area contributed by atoms with E-state index >= 15 is 0 Å². The highest BCUT2D eigenvalue weighted by Gasteiger charge is 2.03. The summed E-state index contributed by atoms with van der Waals surface area (Å²) < 4.78 is 1.50. The fourth-order valence-electron chi connectivity index (χ4n) is 1.50. The number of nitrogens with one attached hydrogen (secondary N) is 2. The molecule has 2 aromatic rings. The zero-order valence-corrected chi connectivity index (χ0v) is 9.83. The molecule has 0 spiro atoms. The molecule has 0 fully saturated rings. The molecule has 0 saturated heterocycles. The number of aromatic amines is 1. The van der Waals surface area contributed by atoms with Crippen molar-refractivity contribution in [2.24, 2.45) is 0 Å². The van der Waals surface area contributed by atoms with E-state index < -0.39 is 0 Å². The van der Waals surface area contributed by atoms with E-state index in [1.165, 1.54) is 17.2 Å². The van der Waals surface area contributed by atoms with Crippen LogP contribution in [0.1, 0.15) is 12.2 Å². The monoisotopic (exact) mass is 249 g/mol. The molecule has 2 rings (SSSR count). The predicted molar refractivity (Wildman–Crippen MR) is 64.4 cm³/mol. The third-order valence-corrected chi connectivity index (χ3v) is 2.34. The van der Waals surface area contributed by atoms with Crippen LogP contribution < -0.4 is 11.1 Å². The lowest BCUT2D eigenvalue weighted by molar-refractivity contribution is -0.121. The largest absolute Gasteiger partial charge is 0.396 e. The molecule has 0 aliphatic rings. The molecule has 8 heteroatoms. The van der Waals surface area contributed by atoms with Crippen molar-refractivity contribution < 1.29 is 4.79 Å². The van der Waals surface area contributed by atoms with Crippen molar-refractivity contribution in [2.45, 2.75) is 19.4 Å². The minimum Gasteiger partial charge on any atom is -0.396 e. The molecule has 0 aliphatic carbocycles. The number of aromatic nitrogens is 5. The van der Waals surface area contributed by atoms with Crippen molar-refractivity contribution in [2.75, 3.05) is 12.3 Å². The average Bonchev–Trinajstić information content (AvgIpc) is 2.96. The molecule has 0 aromatic carbocycles. The Labute approximate surface area is 104 Å². The Bertz CT molecular complexity index is 490. The summed E-state index contributed by atoms with van der Waals surface area (Å²) in [4.78, 5) is 15.5. The van der Waals surface area contributed by atoms with E-state index in [9.17, 15) is 4.79 Å². The number of amides is 1. The normalized spacial score (nSPS) is 10.4. The van der Waals surface area contributed by atoms with Gasteiger partial charge in [-0.25, -0.2) is 4.98 Å². The van der Waals surface area contributed by atoms with Gasteiger partial charge in [0.1, 0.15) is 18.7 Å². The minimum absolute atomic E-state index is 0.0873. The standard InChI is InChI=1S/C10H15N7O/c11-8-4-15-17(5-8)6-10(18)12-3-1-2-9-13-7-14-16-9/h4-5,7H,1-3,6,11H2,(H,12,18)(H,13,14,16). The molecule has 2 aromatic heterocycles. The Hall–Kier alpha value is -2.38. The van der Waals surface area contributed by atoms with Gasteiger partial charge in [0.05, 0.1) is 11.9 Å². The van der Waals surface area contributed by atoms with Crippen LogP contribution in [0.4, 0.5) is 5.69 Å². The molecule has 0 aliphatic heterocycles. The first kappa shape index (κ1) is 12.1. The lowest BCUT2D eigenvalue weighted by Crippen LogP contribution is -2.28. The van der Waals surface area contributed by atoms with Crippen LogP contribution in [0.5, 0.6) is 0 Å². The van der Waals surface area contributed by atoms with Crippen molar-refractivity contribution in [1.82, 2.24) is 30.3 Å². The van der Waals surface area contributed by atoms with Gasteiger partial charge in [-0.15, -0.1) is 0 Å². The third kappa shape index (κ3) is 3.58. The molecular weight excluding hydrogens is 234 g/mol. The molecule has 0 saturated carbocycles. The van der Waals surface area contributed by atoms with Gasteiger partial charge in [0, 0.05) is 19.2 Å². The molecule has 1 amide bonds. The van der Waals surface area contributed by atoms with Crippen LogP contribution in [0.25, 0.3) is 0 Å². The van der Waals surface area contributed by atoms with E-state index in [2.05, 4.69) is 25.6 Å². The number of carbonyl (C=O) groups excluding carboxylic acids is 1. The van der Waals surface area contributed by atoms with Crippen LogP contribution in [0.3, 0.4) is 0 Å². The summed E-state index contributed by atoms with van der Waals surface area (Å²) in [6.07, 6.45) is 6.17. The lowest BCUT2D eigenvalue weighted by atomic mass is 10.3. The van der Waals surface area contributed by atoms with Crippen LogP contribution in [-0.2, 0) is 17.8 Å². The quantitative estimate of drug-likeness (QED) is 0.587. The minimum atomic E-state index is -0.0873. The average molecular weight is 249 g/mol. The van der Waals surface area contributed by atoms with Crippen LogP contribution in [0, 0.1) is 0 Å². The van der Waals surface area contributed by atoms with E-state index in [-0.39, 0.29) is 12.5 Å². The molecule has 18 heavy (non-hydrogen) atoms. The number of aryl methyl sites for hydroxylation is 1. The number of H-pyrrole nitrogens is 1. The zero-order chi connectivity index (χ0) is 12.8. The lowest BCUT2D eigenvalue weighted by Gasteiger charge is -2.04. The van der Waals surface area contributed by atoms with Gasteiger partial charge in [0.2, 0.25) is 5.91 Å². The smallest absolute Gasteiger partial charge is 0.241 e. The number of carbonyl (C=O) groups is 1. The summed E-state index contributed by atoms with van der Waals surface area (Å²) in [5.41, 5.74) is 6.05. The van der Waals surface area contributed by atoms with E-state index in [4.69, 9.17) is 5.73 Å². The second kappa shape index (κ2) is 5.80. The van der Waals surface area contributed by atoms with Crippen LogP contribution >= 0.6 is 0 Å². The van der Waals surface area contributed by atoms with Gasteiger partial charge in [0.15, 0.2) is 0 Å². The Kier molecular flexibility index (Phi) is 3.90. The topological polar surface area (TPSA) is 115 Å². The number of rotatable bonds is 6. The highest BCUT2D eigenvalue weighted by Crippen LogP contribution is 1.97. The maximum absolute atomic E-state index is 11.5. The third-order valence-electron chi connectivity index (χ3n) is 2.34. The van der Waals surface area contributed by atoms with Crippen LogP contribution in [0.15, 0.2) is 18.7 Å². The zero-order valence-electron chi connectivity index (χ0n) is 9.83. The van der Waals surface area contributed by atoms with E-state index in [0.717, 1.165) is 18.7 Å². The summed E-state index contributed by atoms with van der Waals surface area (Å²) >= 11 is 0. The molecule has 0 radical (unpaired) electrons. The molecular formula is C10H15N7O. The number of hydrogen-bond donors (Lipinski definition) is 3. The second-order valence-corrected chi connectivity index (χ2v) is 3.86. The molecule has 0 bridgehead atoms. The molecule has 4 N–H and O–H groups in total. The molecule has 8 nitrogen and oxygen atoms in total. The fourth-order valence-corrected chi connectivity index (χ4v) is 1.50. The van der Waals surface area contributed by atoms with Crippen LogP contribution in [-0.4, -0.2) is 37.4 Å². The Morgan fingerprint density at radius 3 is 3.11 bits per heavy atom. The van der Waals surface area contributed by atoms with Crippen molar-refractivity contribution >= 4 is 11.6 Å². The van der Waals surface area contributed by atoms with Crippen molar-refractivity contribution in [3.05, 3.63) is 24.5 Å². The SMILES string of the molecule is Nc1cnn(CC(=O)NCCCc2ncn[nH]2)c1. The van der Waals surface area contributed by atoms with E-state index in [0.29, 0.717) is 12.2 Å². The molecule has 0 atom stereocenters. The van der Waals surface area contributed by atoms with Crippen molar-refractivity contribution in [1.29, 1.82) is 0 Å². The number of nitrogen functional groups attached to an aromatic ring is 1. The first-order valence-corrected chi connectivity index (χ1v) is 5.63. The summed E-state index contributed by atoms with van der Waals surface area (Å²) in [6, 6.07) is 0. The number of hydrogen-bond acceptors (Lipinski definition) is 5. The number of anilines is 1.